The van der Waals surface area contributed by atoms with Gasteiger partial charge in [-0.05, 0) is 30.5 Å². The molecule has 0 aromatic heterocycles. The predicted octanol–water partition coefficient (Wildman–Crippen LogP) is 4.73. The van der Waals surface area contributed by atoms with Crippen molar-refractivity contribution >= 4 is 27.8 Å². The Bertz CT molecular complexity index is 542. The molecule has 1 N–H and O–H groups in total. The van der Waals surface area contributed by atoms with E-state index in [0.29, 0.717) is 6.54 Å². The number of carbonyl (C=O) groups is 1. The number of rotatable bonds is 8. The molecule has 1 heterocycles. The third-order valence-corrected chi connectivity index (χ3v) is 4.61. The van der Waals surface area contributed by atoms with Gasteiger partial charge in [0, 0.05) is 17.6 Å². The SMILES string of the molecule is CCCCN=C1NC(=O)N(Cc2ccc(Br)cc2)C1CCCC. The summed E-state index contributed by atoms with van der Waals surface area (Å²) in [6.07, 6.45) is 5.37. The maximum Gasteiger partial charge on any atom is 0.323 e. The van der Waals surface area contributed by atoms with Crippen LogP contribution in [0.15, 0.2) is 33.7 Å². The number of aliphatic imine (C=N–C) groups is 1. The van der Waals surface area contributed by atoms with E-state index in [1.54, 1.807) is 0 Å². The molecule has 1 saturated heterocycles. The van der Waals surface area contributed by atoms with Crippen LogP contribution in [-0.4, -0.2) is 29.4 Å². The Morgan fingerprint density at radius 1 is 1.17 bits per heavy atom. The van der Waals surface area contributed by atoms with Crippen molar-refractivity contribution in [2.75, 3.05) is 6.54 Å². The van der Waals surface area contributed by atoms with Crippen molar-refractivity contribution < 1.29 is 4.79 Å². The van der Waals surface area contributed by atoms with Crippen molar-refractivity contribution in [3.05, 3.63) is 34.3 Å². The van der Waals surface area contributed by atoms with Gasteiger partial charge >= 0.3 is 6.03 Å². The molecular formula is C18H26BrN3O. The molecule has 1 aromatic carbocycles. The molecule has 1 aliphatic heterocycles. The largest absolute Gasteiger partial charge is 0.323 e. The number of hydrogen-bond donors (Lipinski definition) is 1. The monoisotopic (exact) mass is 379 g/mol. The zero-order chi connectivity index (χ0) is 16.7. The van der Waals surface area contributed by atoms with Crippen LogP contribution < -0.4 is 5.32 Å². The summed E-state index contributed by atoms with van der Waals surface area (Å²) < 4.78 is 1.05. The molecule has 1 atom stereocenters. The van der Waals surface area contributed by atoms with Crippen LogP contribution in [0.2, 0.25) is 0 Å². The number of urea groups is 1. The third kappa shape index (κ3) is 5.06. The van der Waals surface area contributed by atoms with Crippen LogP contribution in [0.1, 0.15) is 51.5 Å². The first kappa shape index (κ1) is 18.0. The number of carbonyl (C=O) groups excluding carboxylic acids is 1. The highest BCUT2D eigenvalue weighted by Crippen LogP contribution is 2.20. The molecule has 1 fully saturated rings. The van der Waals surface area contributed by atoms with Crippen LogP contribution in [0.4, 0.5) is 4.79 Å². The van der Waals surface area contributed by atoms with Gasteiger partial charge in [-0.25, -0.2) is 4.79 Å². The maximum absolute atomic E-state index is 12.4. The molecule has 1 aliphatic rings. The smallest absolute Gasteiger partial charge is 0.310 e. The molecule has 0 radical (unpaired) electrons. The predicted molar refractivity (Wildman–Crippen MR) is 98.7 cm³/mol. The second-order valence-electron chi connectivity index (χ2n) is 5.96. The van der Waals surface area contributed by atoms with E-state index in [0.717, 1.165) is 54.5 Å². The van der Waals surface area contributed by atoms with Crippen molar-refractivity contribution in [2.24, 2.45) is 4.99 Å². The molecule has 0 aliphatic carbocycles. The number of unbranched alkanes of at least 4 members (excludes halogenated alkanes) is 2. The highest BCUT2D eigenvalue weighted by molar-refractivity contribution is 9.10. The van der Waals surface area contributed by atoms with Crippen molar-refractivity contribution in [2.45, 2.75) is 58.5 Å². The quantitative estimate of drug-likeness (QED) is 0.651. The van der Waals surface area contributed by atoms with Crippen LogP contribution in [0.5, 0.6) is 0 Å². The van der Waals surface area contributed by atoms with Gasteiger partial charge in [0.25, 0.3) is 0 Å². The topological polar surface area (TPSA) is 44.7 Å². The van der Waals surface area contributed by atoms with Crippen molar-refractivity contribution in [1.29, 1.82) is 0 Å². The van der Waals surface area contributed by atoms with Crippen LogP contribution in [0.3, 0.4) is 0 Å². The van der Waals surface area contributed by atoms with E-state index in [1.807, 2.05) is 17.0 Å². The zero-order valence-corrected chi connectivity index (χ0v) is 15.6. The zero-order valence-electron chi connectivity index (χ0n) is 14.0. The Labute approximate surface area is 147 Å². The average Bonchev–Trinajstić information content (AvgIpc) is 2.83. The Morgan fingerprint density at radius 3 is 2.52 bits per heavy atom. The molecule has 0 bridgehead atoms. The molecule has 1 unspecified atom stereocenters. The van der Waals surface area contributed by atoms with Gasteiger partial charge in [0.2, 0.25) is 0 Å². The van der Waals surface area contributed by atoms with Gasteiger partial charge in [0.1, 0.15) is 5.84 Å². The Morgan fingerprint density at radius 2 is 1.87 bits per heavy atom. The Kier molecular flexibility index (Phi) is 7.09. The van der Waals surface area contributed by atoms with Crippen LogP contribution >= 0.6 is 15.9 Å². The summed E-state index contributed by atoms with van der Waals surface area (Å²) in [6, 6.07) is 8.20. The first-order valence-electron chi connectivity index (χ1n) is 8.52. The number of hydrogen-bond acceptors (Lipinski definition) is 2. The van der Waals surface area contributed by atoms with Gasteiger partial charge in [-0.3, -0.25) is 10.3 Å². The molecule has 126 valence electrons. The lowest BCUT2D eigenvalue weighted by molar-refractivity contribution is 0.200. The molecule has 2 amide bonds. The number of nitrogens with zero attached hydrogens (tertiary/aromatic N) is 2. The van der Waals surface area contributed by atoms with Gasteiger partial charge in [0.05, 0.1) is 6.04 Å². The summed E-state index contributed by atoms with van der Waals surface area (Å²) in [5.74, 6) is 0.856. The Hall–Kier alpha value is -1.36. The number of halogens is 1. The number of amides is 2. The summed E-state index contributed by atoms with van der Waals surface area (Å²) in [5.41, 5.74) is 1.14. The van der Waals surface area contributed by atoms with Gasteiger partial charge in [-0.1, -0.05) is 61.2 Å². The molecule has 0 spiro atoms. The van der Waals surface area contributed by atoms with E-state index in [1.165, 1.54) is 0 Å². The van der Waals surface area contributed by atoms with E-state index in [4.69, 9.17) is 0 Å². The molecular weight excluding hydrogens is 354 g/mol. The minimum Gasteiger partial charge on any atom is -0.310 e. The molecule has 4 nitrogen and oxygen atoms in total. The summed E-state index contributed by atoms with van der Waals surface area (Å²) in [7, 11) is 0. The van der Waals surface area contributed by atoms with E-state index >= 15 is 0 Å². The highest BCUT2D eigenvalue weighted by Gasteiger charge is 2.35. The fourth-order valence-electron chi connectivity index (χ4n) is 2.71. The molecule has 2 rings (SSSR count). The van der Waals surface area contributed by atoms with Gasteiger partial charge in [0.15, 0.2) is 0 Å². The molecule has 1 aromatic rings. The second kappa shape index (κ2) is 9.06. The van der Waals surface area contributed by atoms with Gasteiger partial charge < -0.3 is 4.90 Å². The minimum atomic E-state index is -0.0238. The minimum absolute atomic E-state index is 0.0238. The van der Waals surface area contributed by atoms with Crippen molar-refractivity contribution in [1.82, 2.24) is 10.2 Å². The van der Waals surface area contributed by atoms with Crippen molar-refractivity contribution in [3.63, 3.8) is 0 Å². The summed E-state index contributed by atoms with van der Waals surface area (Å²) in [4.78, 5) is 18.9. The summed E-state index contributed by atoms with van der Waals surface area (Å²) >= 11 is 3.45. The molecule has 5 heteroatoms. The number of benzene rings is 1. The maximum atomic E-state index is 12.4. The van der Waals surface area contributed by atoms with Crippen LogP contribution in [-0.2, 0) is 6.54 Å². The lowest BCUT2D eigenvalue weighted by atomic mass is 10.1. The molecule has 23 heavy (non-hydrogen) atoms. The van der Waals surface area contributed by atoms with E-state index < -0.39 is 0 Å². The number of amidine groups is 1. The fraction of sp³-hybridized carbons (Fsp3) is 0.556. The van der Waals surface area contributed by atoms with E-state index in [9.17, 15) is 4.79 Å². The molecule has 0 saturated carbocycles. The van der Waals surface area contributed by atoms with Crippen LogP contribution in [0, 0.1) is 0 Å². The normalized spacial score (nSPS) is 19.4. The number of nitrogens with one attached hydrogen (secondary N) is 1. The van der Waals surface area contributed by atoms with Crippen molar-refractivity contribution in [3.8, 4) is 0 Å². The van der Waals surface area contributed by atoms with E-state index in [-0.39, 0.29) is 12.1 Å². The van der Waals surface area contributed by atoms with Gasteiger partial charge in [-0.2, -0.15) is 0 Å². The second-order valence-corrected chi connectivity index (χ2v) is 6.88. The van der Waals surface area contributed by atoms with Crippen LogP contribution in [0.25, 0.3) is 0 Å². The Balaban J connectivity index is 2.12. The van der Waals surface area contributed by atoms with E-state index in [2.05, 4.69) is 52.2 Å². The lowest BCUT2D eigenvalue weighted by Gasteiger charge is -2.23. The first-order chi connectivity index (χ1) is 11.2. The highest BCUT2D eigenvalue weighted by atomic mass is 79.9. The fourth-order valence-corrected chi connectivity index (χ4v) is 2.98. The lowest BCUT2D eigenvalue weighted by Crippen LogP contribution is -2.34. The standard InChI is InChI=1S/C18H26BrN3O/c1-3-5-7-16-17(20-12-6-4-2)21-18(23)22(16)13-14-8-10-15(19)11-9-14/h8-11,16H,3-7,12-13H2,1-2H3,(H,20,21,23). The average molecular weight is 380 g/mol. The first-order valence-corrected chi connectivity index (χ1v) is 9.31. The summed E-state index contributed by atoms with van der Waals surface area (Å²) in [6.45, 7) is 5.75. The summed E-state index contributed by atoms with van der Waals surface area (Å²) in [5, 5.41) is 2.98. The third-order valence-electron chi connectivity index (χ3n) is 4.08. The van der Waals surface area contributed by atoms with Gasteiger partial charge in [-0.15, -0.1) is 0 Å².